The molecule has 2 rings (SSSR count). The lowest BCUT2D eigenvalue weighted by molar-refractivity contribution is -0.0544. The van der Waals surface area contributed by atoms with Crippen LogP contribution in [0.4, 0.5) is 11.9 Å². The predicted molar refractivity (Wildman–Crippen MR) is 76.9 cm³/mol. The summed E-state index contributed by atoms with van der Waals surface area (Å²) in [5.41, 5.74) is 1.54. The zero-order valence-electron chi connectivity index (χ0n) is 12.3. The second kappa shape index (κ2) is 6.83. The summed E-state index contributed by atoms with van der Waals surface area (Å²) in [5, 5.41) is 13.4. The van der Waals surface area contributed by atoms with Crippen LogP contribution in [0.1, 0.15) is 26.7 Å². The molecule has 21 heavy (non-hydrogen) atoms. The van der Waals surface area contributed by atoms with Crippen molar-refractivity contribution in [2.45, 2.75) is 38.4 Å². The number of nitrogens with zero attached hydrogens (tertiary/aromatic N) is 3. The maximum Gasteiger partial charge on any atom is 0.323 e. The summed E-state index contributed by atoms with van der Waals surface area (Å²) >= 11 is 0. The van der Waals surface area contributed by atoms with Crippen LogP contribution in [0.2, 0.25) is 0 Å². The molecule has 118 valence electrons. The molecule has 0 atom stereocenters. The third-order valence-electron chi connectivity index (χ3n) is 3.08. The number of hydrogen-bond donors (Lipinski definition) is 4. The van der Waals surface area contributed by atoms with Crippen molar-refractivity contribution in [1.82, 2.24) is 15.0 Å². The summed E-state index contributed by atoms with van der Waals surface area (Å²) < 4.78 is 10.7. The Morgan fingerprint density at radius 2 is 1.95 bits per heavy atom. The number of anilines is 2. The third-order valence-corrected chi connectivity index (χ3v) is 3.08. The molecule has 0 saturated carbocycles. The lowest BCUT2D eigenvalue weighted by Crippen LogP contribution is -2.42. The van der Waals surface area contributed by atoms with Gasteiger partial charge in [0, 0.05) is 32.6 Å². The van der Waals surface area contributed by atoms with Crippen LogP contribution in [0.5, 0.6) is 6.01 Å². The van der Waals surface area contributed by atoms with E-state index < -0.39 is 5.60 Å². The van der Waals surface area contributed by atoms with Crippen LogP contribution in [0.15, 0.2) is 0 Å². The van der Waals surface area contributed by atoms with E-state index in [1.54, 1.807) is 0 Å². The van der Waals surface area contributed by atoms with Crippen LogP contribution in [0.3, 0.4) is 0 Å². The summed E-state index contributed by atoms with van der Waals surface area (Å²) in [5.74, 6) is 5.83. The van der Waals surface area contributed by atoms with Crippen molar-refractivity contribution in [3.05, 3.63) is 0 Å². The van der Waals surface area contributed by atoms with Crippen LogP contribution in [-0.4, -0.2) is 51.5 Å². The number of nitrogens with one attached hydrogen (secondary N) is 2. The first-order valence-electron chi connectivity index (χ1n) is 6.94. The molecule has 1 saturated heterocycles. The van der Waals surface area contributed by atoms with E-state index in [1.807, 2.05) is 13.8 Å². The van der Waals surface area contributed by atoms with Gasteiger partial charge in [-0.3, -0.25) is 5.43 Å². The molecule has 1 aliphatic rings. The first kappa shape index (κ1) is 15.7. The topological polar surface area (TPSA) is 127 Å². The average molecular weight is 298 g/mol. The SMILES string of the molecule is CC(C)Oc1nc(NN)nc(NCC2(O)CCOCC2)n1. The van der Waals surface area contributed by atoms with Crippen LogP contribution in [0, 0.1) is 0 Å². The molecule has 0 radical (unpaired) electrons. The lowest BCUT2D eigenvalue weighted by atomic mass is 9.94. The monoisotopic (exact) mass is 298 g/mol. The molecule has 0 spiro atoms. The van der Waals surface area contributed by atoms with E-state index in [1.165, 1.54) is 0 Å². The molecular weight excluding hydrogens is 276 g/mol. The lowest BCUT2D eigenvalue weighted by Gasteiger charge is -2.32. The molecular formula is C12H22N6O3. The Morgan fingerprint density at radius 1 is 1.29 bits per heavy atom. The van der Waals surface area contributed by atoms with Crippen molar-refractivity contribution < 1.29 is 14.6 Å². The van der Waals surface area contributed by atoms with Gasteiger partial charge < -0.3 is 19.9 Å². The van der Waals surface area contributed by atoms with E-state index in [9.17, 15) is 5.11 Å². The van der Waals surface area contributed by atoms with E-state index >= 15 is 0 Å². The van der Waals surface area contributed by atoms with Gasteiger partial charge >= 0.3 is 6.01 Å². The van der Waals surface area contributed by atoms with Crippen molar-refractivity contribution in [2.75, 3.05) is 30.5 Å². The van der Waals surface area contributed by atoms with E-state index in [4.69, 9.17) is 15.3 Å². The number of hydrazine groups is 1. The molecule has 1 aromatic heterocycles. The summed E-state index contributed by atoms with van der Waals surface area (Å²) in [6.45, 7) is 5.17. The number of rotatable bonds is 6. The first-order chi connectivity index (χ1) is 10.0. The highest BCUT2D eigenvalue weighted by atomic mass is 16.5. The Morgan fingerprint density at radius 3 is 2.57 bits per heavy atom. The summed E-state index contributed by atoms with van der Waals surface area (Å²) in [7, 11) is 0. The fraction of sp³-hybridized carbons (Fsp3) is 0.750. The zero-order chi connectivity index (χ0) is 15.3. The molecule has 0 aromatic carbocycles. The summed E-state index contributed by atoms with van der Waals surface area (Å²) in [6.07, 6.45) is 1.08. The number of ether oxygens (including phenoxy) is 2. The number of nitrogens with two attached hydrogens (primary N) is 1. The van der Waals surface area contributed by atoms with Crippen molar-refractivity contribution in [3.8, 4) is 6.01 Å². The Labute approximate surface area is 123 Å². The smallest absolute Gasteiger partial charge is 0.323 e. The van der Waals surface area contributed by atoms with Gasteiger partial charge in [0.25, 0.3) is 0 Å². The molecule has 1 fully saturated rings. The predicted octanol–water partition coefficient (Wildman–Crippen LogP) is -0.102. The highest BCUT2D eigenvalue weighted by Gasteiger charge is 2.29. The van der Waals surface area contributed by atoms with Crippen molar-refractivity contribution in [1.29, 1.82) is 0 Å². The zero-order valence-corrected chi connectivity index (χ0v) is 12.3. The number of nitrogen functional groups attached to an aromatic ring is 1. The largest absolute Gasteiger partial charge is 0.461 e. The standard InChI is InChI=1S/C12H22N6O3/c1-8(2)21-11-16-9(15-10(17-11)18-13)14-7-12(19)3-5-20-6-4-12/h8,19H,3-7,13H2,1-2H3,(H2,14,15,16,17,18). The highest BCUT2D eigenvalue weighted by molar-refractivity contribution is 5.35. The fourth-order valence-electron chi connectivity index (χ4n) is 1.94. The van der Waals surface area contributed by atoms with Gasteiger partial charge in [-0.25, -0.2) is 5.84 Å². The minimum absolute atomic E-state index is 0.0643. The van der Waals surface area contributed by atoms with Crippen molar-refractivity contribution in [2.24, 2.45) is 5.84 Å². The fourth-order valence-corrected chi connectivity index (χ4v) is 1.94. The molecule has 0 aliphatic carbocycles. The molecule has 0 amide bonds. The second-order valence-corrected chi connectivity index (χ2v) is 5.27. The van der Waals surface area contributed by atoms with Gasteiger partial charge in [-0.1, -0.05) is 0 Å². The molecule has 1 aliphatic heterocycles. The summed E-state index contributed by atoms with van der Waals surface area (Å²) in [4.78, 5) is 12.2. The van der Waals surface area contributed by atoms with E-state index in [-0.39, 0.29) is 18.1 Å². The molecule has 0 unspecified atom stereocenters. The van der Waals surface area contributed by atoms with E-state index in [2.05, 4.69) is 25.7 Å². The second-order valence-electron chi connectivity index (χ2n) is 5.27. The van der Waals surface area contributed by atoms with Gasteiger partial charge in [0.05, 0.1) is 11.7 Å². The van der Waals surface area contributed by atoms with Gasteiger partial charge in [0.15, 0.2) is 0 Å². The number of hydrogen-bond acceptors (Lipinski definition) is 9. The Balaban J connectivity index is 2.04. The number of aliphatic hydroxyl groups is 1. The molecule has 0 bridgehead atoms. The molecule has 2 heterocycles. The van der Waals surface area contributed by atoms with Crippen LogP contribution >= 0.6 is 0 Å². The molecule has 9 heteroatoms. The van der Waals surface area contributed by atoms with Crippen LogP contribution in [0.25, 0.3) is 0 Å². The van der Waals surface area contributed by atoms with Crippen LogP contribution in [-0.2, 0) is 4.74 Å². The first-order valence-corrected chi connectivity index (χ1v) is 6.94. The Kier molecular flexibility index (Phi) is 5.10. The summed E-state index contributed by atoms with van der Waals surface area (Å²) in [6, 6.07) is 0.175. The minimum Gasteiger partial charge on any atom is -0.461 e. The Hall–Kier alpha value is -1.71. The maximum absolute atomic E-state index is 10.4. The number of aromatic nitrogens is 3. The van der Waals surface area contributed by atoms with Gasteiger partial charge in [0.2, 0.25) is 11.9 Å². The molecule has 9 nitrogen and oxygen atoms in total. The molecule has 1 aromatic rings. The third kappa shape index (κ3) is 4.66. The van der Waals surface area contributed by atoms with Gasteiger partial charge in [0.1, 0.15) is 0 Å². The highest BCUT2D eigenvalue weighted by Crippen LogP contribution is 2.21. The van der Waals surface area contributed by atoms with E-state index in [0.717, 1.165) is 0 Å². The quantitative estimate of drug-likeness (QED) is 0.420. The van der Waals surface area contributed by atoms with Crippen LogP contribution < -0.4 is 21.3 Å². The average Bonchev–Trinajstić information content (AvgIpc) is 2.45. The van der Waals surface area contributed by atoms with E-state index in [0.29, 0.717) is 38.5 Å². The van der Waals surface area contributed by atoms with Crippen molar-refractivity contribution >= 4 is 11.9 Å². The van der Waals surface area contributed by atoms with Gasteiger partial charge in [-0.2, -0.15) is 15.0 Å². The maximum atomic E-state index is 10.4. The van der Waals surface area contributed by atoms with Gasteiger partial charge in [-0.15, -0.1) is 0 Å². The molecule has 5 N–H and O–H groups in total. The normalized spacial score (nSPS) is 17.6. The Bertz CT molecular complexity index is 464. The van der Waals surface area contributed by atoms with Gasteiger partial charge in [-0.05, 0) is 13.8 Å². The minimum atomic E-state index is -0.819. The van der Waals surface area contributed by atoms with Crippen molar-refractivity contribution in [3.63, 3.8) is 0 Å².